The number of benzene rings is 4. The van der Waals surface area contributed by atoms with Gasteiger partial charge in [-0.05, 0) is 54.8 Å². The largest absolute Gasteiger partial charge is 0.354 e. The molecule has 230 valence electrons. The molecule has 0 aliphatic heterocycles. The van der Waals surface area contributed by atoms with Crippen molar-refractivity contribution in [3.05, 3.63) is 130 Å². The highest BCUT2D eigenvalue weighted by Crippen LogP contribution is 2.33. The quantitative estimate of drug-likeness (QED) is 0.175. The van der Waals surface area contributed by atoms with Gasteiger partial charge >= 0.3 is 0 Å². The fourth-order valence-electron chi connectivity index (χ4n) is 4.84. The number of nitrogens with zero attached hydrogens (tertiary/aromatic N) is 2. The first-order chi connectivity index (χ1) is 21.1. The second-order valence-corrected chi connectivity index (χ2v) is 13.1. The van der Waals surface area contributed by atoms with Crippen LogP contribution in [0.25, 0.3) is 0 Å². The van der Waals surface area contributed by atoms with Crippen molar-refractivity contribution in [2.75, 3.05) is 17.4 Å². The molecule has 44 heavy (non-hydrogen) atoms. The van der Waals surface area contributed by atoms with Crippen LogP contribution >= 0.6 is 23.2 Å². The van der Waals surface area contributed by atoms with Gasteiger partial charge in [0.2, 0.25) is 11.8 Å². The molecule has 0 fully saturated rings. The molecule has 4 rings (SSSR count). The lowest BCUT2D eigenvalue weighted by Crippen LogP contribution is -2.53. The Morgan fingerprint density at radius 2 is 1.50 bits per heavy atom. The lowest BCUT2D eigenvalue weighted by molar-refractivity contribution is -0.140. The van der Waals surface area contributed by atoms with Crippen LogP contribution in [0.1, 0.15) is 30.0 Å². The van der Waals surface area contributed by atoms with Crippen molar-refractivity contribution in [3.63, 3.8) is 0 Å². The summed E-state index contributed by atoms with van der Waals surface area (Å²) in [7, 11) is -4.28. The highest BCUT2D eigenvalue weighted by molar-refractivity contribution is 7.92. The molecule has 0 aliphatic carbocycles. The Balaban J connectivity index is 1.82. The van der Waals surface area contributed by atoms with Gasteiger partial charge in [-0.3, -0.25) is 13.9 Å². The molecule has 0 spiro atoms. The standard InChI is InChI=1S/C34H35Cl2N3O4S/c1-3-19-37-34(41)32(21-26-12-6-4-7-13-26)38(23-27-14-10-11-25(2)20-27)33(40)24-39(31-22-28(35)17-18-30(31)36)44(42,43)29-15-8-5-9-16-29/h4-18,20,22,32H,3,19,21,23-24H2,1-2H3,(H,37,41)/t32-/m1/s1. The lowest BCUT2D eigenvalue weighted by Gasteiger charge is -2.34. The van der Waals surface area contributed by atoms with E-state index in [1.165, 1.54) is 29.2 Å². The number of rotatable bonds is 13. The molecule has 0 saturated carbocycles. The van der Waals surface area contributed by atoms with E-state index in [4.69, 9.17) is 23.2 Å². The van der Waals surface area contributed by atoms with E-state index in [0.29, 0.717) is 13.0 Å². The Morgan fingerprint density at radius 3 is 2.16 bits per heavy atom. The molecule has 4 aromatic rings. The summed E-state index contributed by atoms with van der Waals surface area (Å²) in [6.07, 6.45) is 0.948. The molecule has 2 amide bonds. The zero-order valence-corrected chi connectivity index (χ0v) is 26.9. The van der Waals surface area contributed by atoms with Crippen molar-refractivity contribution < 1.29 is 18.0 Å². The fourth-order valence-corrected chi connectivity index (χ4v) is 6.72. The number of carbonyl (C=O) groups excluding carboxylic acids is 2. The van der Waals surface area contributed by atoms with Gasteiger partial charge in [0.05, 0.1) is 15.6 Å². The average molecular weight is 653 g/mol. The van der Waals surface area contributed by atoms with Crippen LogP contribution in [0.3, 0.4) is 0 Å². The van der Waals surface area contributed by atoms with Crippen LogP contribution in [-0.2, 0) is 32.6 Å². The van der Waals surface area contributed by atoms with Crippen LogP contribution in [-0.4, -0.2) is 44.3 Å². The van der Waals surface area contributed by atoms with Gasteiger partial charge < -0.3 is 10.2 Å². The average Bonchev–Trinajstić information content (AvgIpc) is 3.02. The van der Waals surface area contributed by atoms with Crippen molar-refractivity contribution in [2.45, 2.75) is 44.2 Å². The minimum absolute atomic E-state index is 0.0180. The number of hydrogen-bond donors (Lipinski definition) is 1. The molecular weight excluding hydrogens is 617 g/mol. The Morgan fingerprint density at radius 1 is 0.841 bits per heavy atom. The SMILES string of the molecule is CCCNC(=O)[C@@H](Cc1ccccc1)N(Cc1cccc(C)c1)C(=O)CN(c1cc(Cl)ccc1Cl)S(=O)(=O)c1ccccc1. The molecule has 0 radical (unpaired) electrons. The molecule has 0 bridgehead atoms. The van der Waals surface area contributed by atoms with Crippen LogP contribution < -0.4 is 9.62 Å². The summed E-state index contributed by atoms with van der Waals surface area (Å²) in [5.41, 5.74) is 2.71. The van der Waals surface area contributed by atoms with E-state index in [-0.39, 0.29) is 39.5 Å². The van der Waals surface area contributed by atoms with Crippen LogP contribution in [0.5, 0.6) is 0 Å². The Labute approximate surface area is 269 Å². The maximum Gasteiger partial charge on any atom is 0.264 e. The predicted molar refractivity (Wildman–Crippen MR) is 176 cm³/mol. The maximum absolute atomic E-state index is 14.5. The van der Waals surface area contributed by atoms with Crippen LogP contribution in [0.15, 0.2) is 108 Å². The fraction of sp³-hybridized carbons (Fsp3) is 0.235. The number of amides is 2. The zero-order valence-electron chi connectivity index (χ0n) is 24.6. The van der Waals surface area contributed by atoms with Gasteiger partial charge in [-0.2, -0.15) is 0 Å². The van der Waals surface area contributed by atoms with E-state index in [0.717, 1.165) is 21.0 Å². The molecule has 4 aromatic carbocycles. The zero-order chi connectivity index (χ0) is 31.7. The normalized spacial score (nSPS) is 11.9. The summed E-state index contributed by atoms with van der Waals surface area (Å²) in [6.45, 7) is 3.79. The number of aryl methyl sites for hydroxylation is 1. The molecule has 10 heteroatoms. The van der Waals surface area contributed by atoms with Crippen LogP contribution in [0.2, 0.25) is 10.0 Å². The number of hydrogen-bond acceptors (Lipinski definition) is 4. The Kier molecular flexibility index (Phi) is 11.4. The second kappa shape index (κ2) is 15.2. The second-order valence-electron chi connectivity index (χ2n) is 10.4. The Hall–Kier alpha value is -3.85. The third-order valence-corrected chi connectivity index (χ3v) is 9.37. The van der Waals surface area contributed by atoms with Gasteiger partial charge in [0.15, 0.2) is 0 Å². The molecule has 7 nitrogen and oxygen atoms in total. The molecule has 0 aromatic heterocycles. The van der Waals surface area contributed by atoms with Crippen LogP contribution in [0, 0.1) is 6.92 Å². The minimum Gasteiger partial charge on any atom is -0.354 e. The lowest BCUT2D eigenvalue weighted by atomic mass is 10.0. The van der Waals surface area contributed by atoms with E-state index in [2.05, 4.69) is 5.32 Å². The first-order valence-corrected chi connectivity index (χ1v) is 16.5. The van der Waals surface area contributed by atoms with E-state index in [9.17, 15) is 18.0 Å². The number of anilines is 1. The summed E-state index contributed by atoms with van der Waals surface area (Å²) in [5, 5.41) is 3.30. The molecule has 1 N–H and O–H groups in total. The van der Waals surface area contributed by atoms with Gasteiger partial charge in [-0.25, -0.2) is 8.42 Å². The van der Waals surface area contributed by atoms with Gasteiger partial charge in [0, 0.05) is 24.5 Å². The number of carbonyl (C=O) groups is 2. The van der Waals surface area contributed by atoms with E-state index in [1.807, 2.05) is 68.4 Å². The first-order valence-electron chi connectivity index (χ1n) is 14.3. The molecular formula is C34H35Cl2N3O4S. The molecule has 0 saturated heterocycles. The van der Waals surface area contributed by atoms with Gasteiger partial charge in [-0.1, -0.05) is 108 Å². The molecule has 0 unspecified atom stereocenters. The van der Waals surface area contributed by atoms with Gasteiger partial charge in [0.1, 0.15) is 12.6 Å². The van der Waals surface area contributed by atoms with Crippen molar-refractivity contribution >= 4 is 50.7 Å². The van der Waals surface area contributed by atoms with Gasteiger partial charge in [-0.15, -0.1) is 0 Å². The number of sulfonamides is 1. The molecule has 0 heterocycles. The Bertz CT molecular complexity index is 1690. The van der Waals surface area contributed by atoms with Crippen LogP contribution in [0.4, 0.5) is 5.69 Å². The number of halogens is 2. The van der Waals surface area contributed by atoms with Crippen molar-refractivity contribution in [1.29, 1.82) is 0 Å². The molecule has 1 atom stereocenters. The summed E-state index contributed by atoms with van der Waals surface area (Å²) in [6, 6.07) is 28.4. The summed E-state index contributed by atoms with van der Waals surface area (Å²) in [5.74, 6) is -0.899. The first kappa shape index (κ1) is 33.1. The maximum atomic E-state index is 14.5. The number of nitrogens with one attached hydrogen (secondary N) is 1. The summed E-state index contributed by atoms with van der Waals surface area (Å²) < 4.78 is 29.1. The monoisotopic (exact) mass is 651 g/mol. The van der Waals surface area contributed by atoms with E-state index >= 15 is 0 Å². The topological polar surface area (TPSA) is 86.8 Å². The van der Waals surface area contributed by atoms with E-state index < -0.39 is 28.5 Å². The summed E-state index contributed by atoms with van der Waals surface area (Å²) in [4.78, 5) is 29.6. The molecule has 0 aliphatic rings. The van der Waals surface area contributed by atoms with Crippen molar-refractivity contribution in [2.24, 2.45) is 0 Å². The third kappa shape index (κ3) is 8.40. The predicted octanol–water partition coefficient (Wildman–Crippen LogP) is 6.66. The summed E-state index contributed by atoms with van der Waals surface area (Å²) >= 11 is 12.8. The third-order valence-electron chi connectivity index (χ3n) is 7.04. The van der Waals surface area contributed by atoms with E-state index in [1.54, 1.807) is 24.3 Å². The highest BCUT2D eigenvalue weighted by atomic mass is 35.5. The van der Waals surface area contributed by atoms with Gasteiger partial charge in [0.25, 0.3) is 10.0 Å². The smallest absolute Gasteiger partial charge is 0.264 e. The highest BCUT2D eigenvalue weighted by Gasteiger charge is 2.35. The minimum atomic E-state index is -4.28. The van der Waals surface area contributed by atoms with Crippen molar-refractivity contribution in [3.8, 4) is 0 Å². The van der Waals surface area contributed by atoms with Crippen molar-refractivity contribution in [1.82, 2.24) is 10.2 Å².